The number of methoxy groups -OCH3 is 1. The molecule has 0 bridgehead atoms. The van der Waals surface area contributed by atoms with Gasteiger partial charge in [-0.3, -0.25) is 9.59 Å². The Morgan fingerprint density at radius 1 is 1.03 bits per heavy atom. The van der Waals surface area contributed by atoms with E-state index in [1.165, 1.54) is 38.3 Å². The van der Waals surface area contributed by atoms with Crippen LogP contribution in [0.4, 0.5) is 30.4 Å². The van der Waals surface area contributed by atoms with E-state index in [-0.39, 0.29) is 33.6 Å². The van der Waals surface area contributed by atoms with E-state index >= 15 is 0 Å². The Morgan fingerprint density at radius 2 is 1.79 bits per heavy atom. The maximum Gasteiger partial charge on any atom is 0.257 e. The van der Waals surface area contributed by atoms with Crippen molar-refractivity contribution in [2.75, 3.05) is 22.5 Å². The number of carbonyl (C=O) groups excluding carboxylic acids is 2. The minimum absolute atomic E-state index is 0.0204. The fraction of sp³-hybridized carbons (Fsp3) is 0.0952. The van der Waals surface area contributed by atoms with Gasteiger partial charge in [-0.1, -0.05) is 0 Å². The molecule has 2 amide bonds. The highest BCUT2D eigenvalue weighted by atomic mass is 32.2. The average Bonchev–Trinajstić information content (AvgIpc) is 2.78. The van der Waals surface area contributed by atoms with Gasteiger partial charge in [-0.2, -0.15) is 0 Å². The number of hydrogen-bond acceptors (Lipinski definition) is 6. The molecule has 2 aromatic carbocycles. The van der Waals surface area contributed by atoms with Crippen LogP contribution in [0.5, 0.6) is 5.75 Å². The lowest BCUT2D eigenvalue weighted by atomic mass is 10.2. The van der Waals surface area contributed by atoms with Crippen molar-refractivity contribution in [1.29, 1.82) is 0 Å². The molecule has 3 aromatic rings. The fourth-order valence-corrected chi connectivity index (χ4v) is 3.51. The summed E-state index contributed by atoms with van der Waals surface area (Å²) in [5.74, 6) is -4.15. The molecule has 8 nitrogen and oxygen atoms in total. The summed E-state index contributed by atoms with van der Waals surface area (Å²) in [6.45, 7) is 1.28. The summed E-state index contributed by atoms with van der Waals surface area (Å²) in [5, 5.41) is 4.52. The van der Waals surface area contributed by atoms with Crippen LogP contribution in [0, 0.1) is 17.5 Å². The Hall–Kier alpha value is -3.77. The molecule has 0 aliphatic carbocycles. The van der Waals surface area contributed by atoms with Crippen molar-refractivity contribution in [3.05, 3.63) is 71.7 Å². The number of hydrogen-bond donors (Lipinski definition) is 3. The second kappa shape index (κ2) is 10.2. The molecule has 3 N–H and O–H groups in total. The number of benzene rings is 2. The van der Waals surface area contributed by atoms with E-state index in [1.54, 1.807) is 0 Å². The predicted molar refractivity (Wildman–Crippen MR) is 116 cm³/mol. The summed E-state index contributed by atoms with van der Waals surface area (Å²) in [5.41, 5.74) is -1.20. The summed E-state index contributed by atoms with van der Waals surface area (Å²) in [6, 6.07) is 8.02. The van der Waals surface area contributed by atoms with Crippen molar-refractivity contribution in [3.8, 4) is 5.75 Å². The Balaban J connectivity index is 1.78. The first-order valence-corrected chi connectivity index (χ1v) is 10.4. The Morgan fingerprint density at radius 3 is 2.39 bits per heavy atom. The summed E-state index contributed by atoms with van der Waals surface area (Å²) in [6.07, 6.45) is 1.12. The number of ether oxygens (including phenoxy) is 1. The largest absolute Gasteiger partial charge is 0.588 e. The van der Waals surface area contributed by atoms with E-state index in [0.29, 0.717) is 0 Å². The molecular formula is C21H17F3N4O4S. The highest BCUT2D eigenvalue weighted by molar-refractivity contribution is 7.92. The number of nitrogens with zero attached hydrogens (tertiary/aromatic N) is 1. The molecule has 12 heteroatoms. The lowest BCUT2D eigenvalue weighted by Gasteiger charge is -2.15. The molecule has 33 heavy (non-hydrogen) atoms. The second-order valence-electron chi connectivity index (χ2n) is 6.52. The molecule has 0 aliphatic heterocycles. The Bertz CT molecular complexity index is 1190. The number of pyridine rings is 1. The molecular weight excluding hydrogens is 461 g/mol. The van der Waals surface area contributed by atoms with Crippen LogP contribution in [0.1, 0.15) is 17.3 Å². The Labute approximate surface area is 189 Å². The van der Waals surface area contributed by atoms with E-state index in [1.807, 2.05) is 0 Å². The molecule has 0 radical (unpaired) electrons. The molecule has 0 aliphatic rings. The van der Waals surface area contributed by atoms with Gasteiger partial charge in [0.1, 0.15) is 34.4 Å². The fourth-order valence-electron chi connectivity index (χ4n) is 2.64. The molecule has 3 rings (SSSR count). The number of amides is 2. The van der Waals surface area contributed by atoms with Gasteiger partial charge in [-0.25, -0.2) is 22.9 Å². The number of aromatic nitrogens is 1. The zero-order valence-electron chi connectivity index (χ0n) is 17.2. The van der Waals surface area contributed by atoms with Crippen LogP contribution in [0.25, 0.3) is 0 Å². The van der Waals surface area contributed by atoms with Gasteiger partial charge in [-0.15, -0.1) is 0 Å². The van der Waals surface area contributed by atoms with Gasteiger partial charge in [0.15, 0.2) is 22.3 Å². The average molecular weight is 478 g/mol. The van der Waals surface area contributed by atoms with E-state index in [9.17, 15) is 27.3 Å². The van der Waals surface area contributed by atoms with Crippen LogP contribution in [-0.4, -0.2) is 28.5 Å². The van der Waals surface area contributed by atoms with E-state index < -0.39 is 40.4 Å². The third kappa shape index (κ3) is 5.73. The van der Waals surface area contributed by atoms with Crippen LogP contribution in [0.15, 0.2) is 53.6 Å². The first kappa shape index (κ1) is 23.9. The smallest absolute Gasteiger partial charge is 0.257 e. The lowest BCUT2D eigenvalue weighted by Crippen LogP contribution is -2.18. The number of anilines is 3. The van der Waals surface area contributed by atoms with Crippen LogP contribution in [0.3, 0.4) is 0 Å². The summed E-state index contributed by atoms with van der Waals surface area (Å²) in [4.78, 5) is 27.3. The monoisotopic (exact) mass is 478 g/mol. The highest BCUT2D eigenvalue weighted by Gasteiger charge is 2.22. The second-order valence-corrected chi connectivity index (χ2v) is 7.73. The molecule has 0 spiro atoms. The van der Waals surface area contributed by atoms with Gasteiger partial charge in [-0.05, 0) is 36.4 Å². The predicted octanol–water partition coefficient (Wildman–Crippen LogP) is 3.85. The zero-order valence-corrected chi connectivity index (χ0v) is 18.1. The normalized spacial score (nSPS) is 11.5. The van der Waals surface area contributed by atoms with Crippen LogP contribution < -0.4 is 20.1 Å². The van der Waals surface area contributed by atoms with Gasteiger partial charge in [0.2, 0.25) is 5.91 Å². The zero-order chi connectivity index (χ0) is 24.1. The summed E-state index contributed by atoms with van der Waals surface area (Å²) < 4.78 is 62.5. The molecule has 0 saturated heterocycles. The van der Waals surface area contributed by atoms with Crippen molar-refractivity contribution in [3.63, 3.8) is 0 Å². The number of halogens is 3. The van der Waals surface area contributed by atoms with Crippen molar-refractivity contribution in [2.45, 2.75) is 11.8 Å². The molecule has 1 aromatic heterocycles. The molecule has 0 saturated carbocycles. The van der Waals surface area contributed by atoms with E-state index in [0.717, 1.165) is 24.4 Å². The van der Waals surface area contributed by atoms with Crippen molar-refractivity contribution in [1.82, 2.24) is 4.98 Å². The summed E-state index contributed by atoms with van der Waals surface area (Å²) in [7, 11) is 1.27. The standard InChI is InChI=1S/C21H17F3N4O4S/c1-11(29)26-18-8-3-12(10-25-18)21(30)27-20-14(22)5-6-16(19(20)24)28-33(31)13-4-7-17(32-2)15(23)9-13/h3-10,28H,1-2H3,(H,27,30)(H,25,26,29). The minimum Gasteiger partial charge on any atom is -0.588 e. The maximum absolute atomic E-state index is 14.9. The van der Waals surface area contributed by atoms with Crippen LogP contribution >= 0.6 is 0 Å². The quantitative estimate of drug-likeness (QED) is 0.445. The van der Waals surface area contributed by atoms with Crippen LogP contribution in [0.2, 0.25) is 0 Å². The molecule has 172 valence electrons. The first-order chi connectivity index (χ1) is 15.7. The molecule has 0 fully saturated rings. The van der Waals surface area contributed by atoms with Gasteiger partial charge < -0.3 is 19.9 Å². The number of rotatable bonds is 7. The van der Waals surface area contributed by atoms with Gasteiger partial charge in [0, 0.05) is 19.2 Å². The van der Waals surface area contributed by atoms with Gasteiger partial charge in [0.25, 0.3) is 5.91 Å². The van der Waals surface area contributed by atoms with Crippen LogP contribution in [-0.2, 0) is 16.2 Å². The topological polar surface area (TPSA) is 115 Å². The SMILES string of the molecule is COc1ccc([S+]([O-])Nc2ccc(F)c(NC(=O)c3ccc(NC(C)=O)nc3)c2F)cc1F. The van der Waals surface area contributed by atoms with Crippen molar-refractivity contribution in [2.24, 2.45) is 0 Å². The maximum atomic E-state index is 14.9. The molecule has 1 heterocycles. The summed E-state index contributed by atoms with van der Waals surface area (Å²) >= 11 is -2.10. The minimum atomic E-state index is -2.10. The number of nitrogens with one attached hydrogen (secondary N) is 3. The van der Waals surface area contributed by atoms with E-state index in [2.05, 4.69) is 20.3 Å². The van der Waals surface area contributed by atoms with Gasteiger partial charge >= 0.3 is 0 Å². The van der Waals surface area contributed by atoms with Gasteiger partial charge in [0.05, 0.1) is 12.7 Å². The molecule has 1 unspecified atom stereocenters. The molecule has 1 atom stereocenters. The third-order valence-electron chi connectivity index (χ3n) is 4.20. The van der Waals surface area contributed by atoms with Crippen molar-refractivity contribution < 1.29 is 32.0 Å². The van der Waals surface area contributed by atoms with Crippen molar-refractivity contribution >= 4 is 40.4 Å². The third-order valence-corrected chi connectivity index (χ3v) is 5.29. The van der Waals surface area contributed by atoms with E-state index in [4.69, 9.17) is 4.74 Å². The lowest BCUT2D eigenvalue weighted by molar-refractivity contribution is -0.114. The Kier molecular flexibility index (Phi) is 7.41. The first-order valence-electron chi connectivity index (χ1n) is 9.24. The number of carbonyl (C=O) groups is 2. The highest BCUT2D eigenvalue weighted by Crippen LogP contribution is 2.29.